The van der Waals surface area contributed by atoms with Crippen LogP contribution in [0.2, 0.25) is 0 Å². The first kappa shape index (κ1) is 19.1. The molecule has 0 fully saturated rings. The van der Waals surface area contributed by atoms with Crippen LogP contribution in [-0.2, 0) is 0 Å². The number of hydrogen-bond acceptors (Lipinski definition) is 5. The van der Waals surface area contributed by atoms with Crippen molar-refractivity contribution in [2.45, 2.75) is 19.9 Å². The summed E-state index contributed by atoms with van der Waals surface area (Å²) in [5.74, 6) is 0.858. The van der Waals surface area contributed by atoms with Gasteiger partial charge >= 0.3 is 0 Å². The van der Waals surface area contributed by atoms with E-state index in [0.29, 0.717) is 29.0 Å². The standard InChI is InChI=1S/C25H20N2O4/c1-3-30-17-10-8-16(9-11-17)22-21-23(28)18-14-15(2)7-12-19(18)31-24(21)25(29)27(22)20-6-4-5-13-26-20/h4-14,22H,3H2,1-2H3/t22-/m1/s1. The molecular weight excluding hydrogens is 392 g/mol. The zero-order valence-corrected chi connectivity index (χ0v) is 17.2. The summed E-state index contributed by atoms with van der Waals surface area (Å²) >= 11 is 0. The number of carbonyl (C=O) groups is 1. The molecule has 3 heterocycles. The molecule has 1 amide bonds. The number of anilines is 1. The molecule has 5 rings (SSSR count). The number of rotatable bonds is 4. The van der Waals surface area contributed by atoms with Crippen LogP contribution in [0, 0.1) is 6.92 Å². The Kier molecular flexibility index (Phi) is 4.55. The van der Waals surface area contributed by atoms with Gasteiger partial charge < -0.3 is 9.15 Å². The minimum atomic E-state index is -0.644. The molecule has 0 saturated heterocycles. The molecule has 154 valence electrons. The molecule has 0 aliphatic carbocycles. The second-order valence-corrected chi connectivity index (χ2v) is 7.44. The summed E-state index contributed by atoms with van der Waals surface area (Å²) in [5.41, 5.74) is 2.25. The summed E-state index contributed by atoms with van der Waals surface area (Å²) in [6, 6.07) is 17.5. The number of carbonyl (C=O) groups excluding carboxylic acids is 1. The highest BCUT2D eigenvalue weighted by Crippen LogP contribution is 2.40. The first-order valence-electron chi connectivity index (χ1n) is 10.1. The van der Waals surface area contributed by atoms with E-state index in [4.69, 9.17) is 9.15 Å². The third-order valence-electron chi connectivity index (χ3n) is 5.43. The molecule has 0 unspecified atom stereocenters. The highest BCUT2D eigenvalue weighted by atomic mass is 16.5. The van der Waals surface area contributed by atoms with Gasteiger partial charge in [0, 0.05) is 6.20 Å². The van der Waals surface area contributed by atoms with Crippen LogP contribution in [0.5, 0.6) is 5.75 Å². The Morgan fingerprint density at radius 2 is 1.87 bits per heavy atom. The Morgan fingerprint density at radius 3 is 2.58 bits per heavy atom. The van der Waals surface area contributed by atoms with Gasteiger partial charge in [-0.2, -0.15) is 0 Å². The van der Waals surface area contributed by atoms with Gasteiger partial charge in [-0.1, -0.05) is 29.8 Å². The van der Waals surface area contributed by atoms with E-state index in [1.807, 2.05) is 50.2 Å². The summed E-state index contributed by atoms with van der Waals surface area (Å²) in [6.45, 7) is 4.39. The molecule has 4 aromatic rings. The summed E-state index contributed by atoms with van der Waals surface area (Å²) in [7, 11) is 0. The number of nitrogens with zero attached hydrogens (tertiary/aromatic N) is 2. The Labute approximate surface area is 178 Å². The van der Waals surface area contributed by atoms with Crippen molar-refractivity contribution in [2.75, 3.05) is 11.5 Å². The molecule has 6 heteroatoms. The molecule has 6 nitrogen and oxygen atoms in total. The van der Waals surface area contributed by atoms with Crippen LogP contribution in [0.3, 0.4) is 0 Å². The quantitative estimate of drug-likeness (QED) is 0.488. The van der Waals surface area contributed by atoms with E-state index >= 15 is 0 Å². The fourth-order valence-corrected chi connectivity index (χ4v) is 4.05. The van der Waals surface area contributed by atoms with Gasteiger partial charge in [-0.05, 0) is 55.8 Å². The van der Waals surface area contributed by atoms with E-state index in [2.05, 4.69) is 4.98 Å². The summed E-state index contributed by atoms with van der Waals surface area (Å²) in [4.78, 5) is 32.9. The van der Waals surface area contributed by atoms with Crippen molar-refractivity contribution in [1.82, 2.24) is 4.98 Å². The van der Waals surface area contributed by atoms with E-state index in [1.54, 1.807) is 30.5 Å². The zero-order valence-electron chi connectivity index (χ0n) is 17.2. The summed E-state index contributed by atoms with van der Waals surface area (Å²) < 4.78 is 11.5. The van der Waals surface area contributed by atoms with Crippen LogP contribution >= 0.6 is 0 Å². The minimum Gasteiger partial charge on any atom is -0.494 e. The van der Waals surface area contributed by atoms with Crippen molar-refractivity contribution in [1.29, 1.82) is 0 Å². The molecule has 0 N–H and O–H groups in total. The predicted octanol–water partition coefficient (Wildman–Crippen LogP) is 4.64. The Balaban J connectivity index is 1.76. The van der Waals surface area contributed by atoms with Gasteiger partial charge in [-0.25, -0.2) is 4.98 Å². The van der Waals surface area contributed by atoms with Crippen molar-refractivity contribution in [3.8, 4) is 5.75 Å². The predicted molar refractivity (Wildman–Crippen MR) is 118 cm³/mol. The molecule has 0 saturated carbocycles. The van der Waals surface area contributed by atoms with Crippen LogP contribution in [-0.4, -0.2) is 17.5 Å². The van der Waals surface area contributed by atoms with Crippen LogP contribution in [0.4, 0.5) is 5.82 Å². The van der Waals surface area contributed by atoms with Crippen LogP contribution in [0.15, 0.2) is 76.1 Å². The van der Waals surface area contributed by atoms with Gasteiger partial charge in [0.05, 0.1) is 23.6 Å². The number of aromatic nitrogens is 1. The number of hydrogen-bond donors (Lipinski definition) is 0. The topological polar surface area (TPSA) is 72.6 Å². The molecule has 0 radical (unpaired) electrons. The van der Waals surface area contributed by atoms with E-state index in [0.717, 1.165) is 16.9 Å². The van der Waals surface area contributed by atoms with Gasteiger partial charge in [0.15, 0.2) is 5.43 Å². The van der Waals surface area contributed by atoms with E-state index < -0.39 is 6.04 Å². The number of pyridine rings is 1. The lowest BCUT2D eigenvalue weighted by atomic mass is 9.98. The van der Waals surface area contributed by atoms with Gasteiger partial charge in [0.1, 0.15) is 17.2 Å². The van der Waals surface area contributed by atoms with E-state index in [-0.39, 0.29) is 17.1 Å². The zero-order chi connectivity index (χ0) is 21.5. The van der Waals surface area contributed by atoms with Gasteiger partial charge in [-0.3, -0.25) is 14.5 Å². The van der Waals surface area contributed by atoms with Crippen LogP contribution < -0.4 is 15.1 Å². The molecule has 2 aromatic heterocycles. The van der Waals surface area contributed by atoms with Crippen LogP contribution in [0.25, 0.3) is 11.0 Å². The second kappa shape index (κ2) is 7.40. The van der Waals surface area contributed by atoms with Crippen LogP contribution in [0.1, 0.15) is 40.2 Å². The van der Waals surface area contributed by atoms with Crippen molar-refractivity contribution < 1.29 is 13.9 Å². The Bertz CT molecular complexity index is 1340. The van der Waals surface area contributed by atoms with Gasteiger partial charge in [-0.15, -0.1) is 0 Å². The second-order valence-electron chi connectivity index (χ2n) is 7.44. The van der Waals surface area contributed by atoms with Crippen molar-refractivity contribution in [3.05, 3.63) is 99.5 Å². The van der Waals surface area contributed by atoms with Crippen molar-refractivity contribution in [3.63, 3.8) is 0 Å². The number of aryl methyl sites for hydroxylation is 1. The number of amides is 1. The van der Waals surface area contributed by atoms with Crippen molar-refractivity contribution >= 4 is 22.7 Å². The van der Waals surface area contributed by atoms with E-state index in [1.165, 1.54) is 4.90 Å². The fourth-order valence-electron chi connectivity index (χ4n) is 4.05. The molecule has 1 aliphatic heterocycles. The van der Waals surface area contributed by atoms with Crippen molar-refractivity contribution in [2.24, 2.45) is 0 Å². The average molecular weight is 412 g/mol. The molecule has 0 spiro atoms. The summed E-state index contributed by atoms with van der Waals surface area (Å²) in [5, 5.41) is 0.463. The third-order valence-corrected chi connectivity index (χ3v) is 5.43. The lowest BCUT2D eigenvalue weighted by Gasteiger charge is -2.24. The molecular formula is C25H20N2O4. The largest absolute Gasteiger partial charge is 0.494 e. The lowest BCUT2D eigenvalue weighted by Crippen LogP contribution is -2.30. The minimum absolute atomic E-state index is 0.0610. The molecule has 1 aliphatic rings. The SMILES string of the molecule is CCOc1ccc([C@@H]2c3c(oc4ccc(C)cc4c3=O)C(=O)N2c2ccccn2)cc1. The fraction of sp³-hybridized carbons (Fsp3) is 0.160. The maximum Gasteiger partial charge on any atom is 0.296 e. The first-order chi connectivity index (χ1) is 15.1. The maximum absolute atomic E-state index is 13.6. The molecule has 31 heavy (non-hydrogen) atoms. The molecule has 1 atom stereocenters. The average Bonchev–Trinajstić information content (AvgIpc) is 3.08. The normalized spacial score (nSPS) is 15.4. The maximum atomic E-state index is 13.6. The number of benzene rings is 2. The smallest absolute Gasteiger partial charge is 0.296 e. The highest BCUT2D eigenvalue weighted by molar-refractivity contribution is 6.10. The Hall–Kier alpha value is -3.93. The molecule has 0 bridgehead atoms. The Morgan fingerprint density at radius 1 is 1.06 bits per heavy atom. The number of ether oxygens (including phenoxy) is 1. The lowest BCUT2D eigenvalue weighted by molar-refractivity contribution is 0.0970. The van der Waals surface area contributed by atoms with E-state index in [9.17, 15) is 9.59 Å². The highest BCUT2D eigenvalue weighted by Gasteiger charge is 2.44. The van der Waals surface area contributed by atoms with Gasteiger partial charge in [0.2, 0.25) is 5.76 Å². The summed E-state index contributed by atoms with van der Waals surface area (Å²) in [6.07, 6.45) is 1.62. The molecule has 2 aromatic carbocycles. The monoisotopic (exact) mass is 412 g/mol. The first-order valence-corrected chi connectivity index (χ1v) is 10.1. The number of fused-ring (bicyclic) bond motifs is 2. The van der Waals surface area contributed by atoms with Gasteiger partial charge in [0.25, 0.3) is 5.91 Å². The third kappa shape index (κ3) is 3.08.